The van der Waals surface area contributed by atoms with Crippen LogP contribution in [0, 0.1) is 0 Å². The maximum absolute atomic E-state index is 5.71. The summed E-state index contributed by atoms with van der Waals surface area (Å²) in [5, 5.41) is 0. The lowest BCUT2D eigenvalue weighted by Gasteiger charge is -2.29. The quantitative estimate of drug-likeness (QED) is 0.747. The van der Waals surface area contributed by atoms with Crippen molar-refractivity contribution in [2.75, 3.05) is 13.7 Å². The number of rotatable bonds is 2. The van der Waals surface area contributed by atoms with Gasteiger partial charge < -0.3 is 14.2 Å². The molecule has 1 heterocycles. The SMILES string of the molecule is COc1ccccc1[C@@H]1OCC[C@@H](C)O1. The number of hydrogen-bond donors (Lipinski definition) is 0. The fourth-order valence-electron chi connectivity index (χ4n) is 1.68. The van der Waals surface area contributed by atoms with Gasteiger partial charge >= 0.3 is 0 Å². The molecule has 0 amide bonds. The molecule has 1 aliphatic rings. The highest BCUT2D eigenvalue weighted by Crippen LogP contribution is 2.32. The Kier molecular flexibility index (Phi) is 3.23. The van der Waals surface area contributed by atoms with Crippen LogP contribution in [0.15, 0.2) is 24.3 Å². The third-order valence-electron chi connectivity index (χ3n) is 2.54. The summed E-state index contributed by atoms with van der Waals surface area (Å²) in [7, 11) is 1.66. The lowest BCUT2D eigenvalue weighted by atomic mass is 10.1. The monoisotopic (exact) mass is 208 g/mol. The first-order valence-corrected chi connectivity index (χ1v) is 5.21. The van der Waals surface area contributed by atoms with E-state index in [4.69, 9.17) is 14.2 Å². The van der Waals surface area contributed by atoms with Crippen LogP contribution in [0.5, 0.6) is 5.75 Å². The van der Waals surface area contributed by atoms with Crippen LogP contribution < -0.4 is 4.74 Å². The van der Waals surface area contributed by atoms with Gasteiger partial charge in [0.1, 0.15) is 5.75 Å². The lowest BCUT2D eigenvalue weighted by Crippen LogP contribution is -2.24. The van der Waals surface area contributed by atoms with Crippen LogP contribution in [-0.4, -0.2) is 19.8 Å². The van der Waals surface area contributed by atoms with Gasteiger partial charge in [0.25, 0.3) is 0 Å². The summed E-state index contributed by atoms with van der Waals surface area (Å²) < 4.78 is 16.6. The fraction of sp³-hybridized carbons (Fsp3) is 0.500. The zero-order valence-electron chi connectivity index (χ0n) is 9.10. The zero-order chi connectivity index (χ0) is 10.7. The van der Waals surface area contributed by atoms with E-state index in [1.807, 2.05) is 24.3 Å². The van der Waals surface area contributed by atoms with E-state index >= 15 is 0 Å². The molecule has 0 unspecified atom stereocenters. The minimum atomic E-state index is -0.287. The van der Waals surface area contributed by atoms with E-state index in [9.17, 15) is 0 Å². The molecule has 3 heteroatoms. The predicted molar refractivity (Wildman–Crippen MR) is 56.9 cm³/mol. The Bertz CT molecular complexity index is 324. The molecule has 3 nitrogen and oxygen atoms in total. The first-order valence-electron chi connectivity index (χ1n) is 5.21. The molecule has 1 aliphatic heterocycles. The van der Waals surface area contributed by atoms with E-state index in [1.54, 1.807) is 7.11 Å². The van der Waals surface area contributed by atoms with Crippen molar-refractivity contribution in [2.45, 2.75) is 25.7 Å². The summed E-state index contributed by atoms with van der Waals surface area (Å²) >= 11 is 0. The molecule has 82 valence electrons. The molecule has 1 aromatic carbocycles. The topological polar surface area (TPSA) is 27.7 Å². The third-order valence-corrected chi connectivity index (χ3v) is 2.54. The summed E-state index contributed by atoms with van der Waals surface area (Å²) in [6.07, 6.45) is 0.907. The van der Waals surface area contributed by atoms with Gasteiger partial charge in [-0.2, -0.15) is 0 Å². The Hall–Kier alpha value is -1.06. The van der Waals surface area contributed by atoms with E-state index in [2.05, 4.69) is 6.92 Å². The molecule has 0 aliphatic carbocycles. The van der Waals surface area contributed by atoms with Gasteiger partial charge in [-0.05, 0) is 19.4 Å². The molecular formula is C12H16O3. The Labute approximate surface area is 90.0 Å². The van der Waals surface area contributed by atoms with Gasteiger partial charge in [0, 0.05) is 5.56 Å². The molecule has 15 heavy (non-hydrogen) atoms. The standard InChI is InChI=1S/C12H16O3/c1-9-7-8-14-12(15-9)10-5-3-4-6-11(10)13-2/h3-6,9,12H,7-8H2,1-2H3/t9-,12-/m1/s1. The lowest BCUT2D eigenvalue weighted by molar-refractivity contribution is -0.212. The number of para-hydroxylation sites is 1. The third kappa shape index (κ3) is 2.30. The van der Waals surface area contributed by atoms with Crippen LogP contribution in [0.1, 0.15) is 25.2 Å². The molecule has 0 radical (unpaired) electrons. The van der Waals surface area contributed by atoms with Crippen LogP contribution in [0.3, 0.4) is 0 Å². The summed E-state index contributed by atoms with van der Waals surface area (Å²) in [5.41, 5.74) is 0.964. The molecule has 2 atom stereocenters. The smallest absolute Gasteiger partial charge is 0.187 e. The highest BCUT2D eigenvalue weighted by molar-refractivity contribution is 5.34. The number of hydrogen-bond acceptors (Lipinski definition) is 3. The first kappa shape index (κ1) is 10.5. The van der Waals surface area contributed by atoms with Crippen molar-refractivity contribution in [3.8, 4) is 5.75 Å². The van der Waals surface area contributed by atoms with Gasteiger partial charge in [0.2, 0.25) is 0 Å². The van der Waals surface area contributed by atoms with Crippen molar-refractivity contribution < 1.29 is 14.2 Å². The van der Waals surface area contributed by atoms with Crippen molar-refractivity contribution in [2.24, 2.45) is 0 Å². The Balaban J connectivity index is 2.20. The van der Waals surface area contributed by atoms with Gasteiger partial charge in [-0.25, -0.2) is 0 Å². The Morgan fingerprint density at radius 1 is 1.33 bits per heavy atom. The predicted octanol–water partition coefficient (Wildman–Crippen LogP) is 2.52. The summed E-state index contributed by atoms with van der Waals surface area (Å²) in [6, 6.07) is 7.79. The van der Waals surface area contributed by atoms with Crippen molar-refractivity contribution in [1.29, 1.82) is 0 Å². The molecule has 1 saturated heterocycles. The molecule has 1 fully saturated rings. The Morgan fingerprint density at radius 2 is 2.13 bits per heavy atom. The number of ether oxygens (including phenoxy) is 3. The van der Waals surface area contributed by atoms with Crippen molar-refractivity contribution in [3.05, 3.63) is 29.8 Å². The van der Waals surface area contributed by atoms with Gasteiger partial charge in [0.05, 0.1) is 19.8 Å². The molecular weight excluding hydrogens is 192 g/mol. The van der Waals surface area contributed by atoms with Gasteiger partial charge in [-0.15, -0.1) is 0 Å². The summed E-state index contributed by atoms with van der Waals surface area (Å²) in [4.78, 5) is 0. The highest BCUT2D eigenvalue weighted by Gasteiger charge is 2.23. The minimum Gasteiger partial charge on any atom is -0.496 e. The number of benzene rings is 1. The van der Waals surface area contributed by atoms with Gasteiger partial charge in [-0.1, -0.05) is 18.2 Å². The van der Waals surface area contributed by atoms with Crippen LogP contribution >= 0.6 is 0 Å². The van der Waals surface area contributed by atoms with E-state index < -0.39 is 0 Å². The van der Waals surface area contributed by atoms with E-state index in [0.717, 1.165) is 24.3 Å². The van der Waals surface area contributed by atoms with Crippen LogP contribution in [0.2, 0.25) is 0 Å². The second-order valence-electron chi connectivity index (χ2n) is 3.68. The maximum Gasteiger partial charge on any atom is 0.187 e. The first-order chi connectivity index (χ1) is 7.31. The van der Waals surface area contributed by atoms with E-state index in [0.29, 0.717) is 0 Å². The van der Waals surface area contributed by atoms with E-state index in [-0.39, 0.29) is 12.4 Å². The van der Waals surface area contributed by atoms with Crippen molar-refractivity contribution >= 4 is 0 Å². The summed E-state index contributed by atoms with van der Waals surface area (Å²) in [5.74, 6) is 0.816. The fourth-order valence-corrected chi connectivity index (χ4v) is 1.68. The second kappa shape index (κ2) is 4.64. The largest absolute Gasteiger partial charge is 0.496 e. The molecule has 0 aromatic heterocycles. The minimum absolute atomic E-state index is 0.244. The van der Waals surface area contributed by atoms with Gasteiger partial charge in [-0.3, -0.25) is 0 Å². The molecule has 0 N–H and O–H groups in total. The van der Waals surface area contributed by atoms with Crippen molar-refractivity contribution in [1.82, 2.24) is 0 Å². The zero-order valence-corrected chi connectivity index (χ0v) is 9.10. The average Bonchev–Trinajstić information content (AvgIpc) is 2.29. The normalized spacial score (nSPS) is 26.3. The molecule has 0 saturated carbocycles. The highest BCUT2D eigenvalue weighted by atomic mass is 16.7. The molecule has 0 bridgehead atoms. The van der Waals surface area contributed by atoms with Crippen LogP contribution in [0.25, 0.3) is 0 Å². The number of methoxy groups -OCH3 is 1. The summed E-state index contributed by atoms with van der Waals surface area (Å²) in [6.45, 7) is 2.80. The molecule has 2 rings (SSSR count). The van der Waals surface area contributed by atoms with Gasteiger partial charge in [0.15, 0.2) is 6.29 Å². The molecule has 1 aromatic rings. The molecule has 0 spiro atoms. The van der Waals surface area contributed by atoms with Crippen molar-refractivity contribution in [3.63, 3.8) is 0 Å². The maximum atomic E-state index is 5.71. The van der Waals surface area contributed by atoms with Crippen LogP contribution in [-0.2, 0) is 9.47 Å². The van der Waals surface area contributed by atoms with E-state index in [1.165, 1.54) is 0 Å². The second-order valence-corrected chi connectivity index (χ2v) is 3.68. The van der Waals surface area contributed by atoms with Crippen LogP contribution in [0.4, 0.5) is 0 Å². The Morgan fingerprint density at radius 3 is 2.87 bits per heavy atom. The average molecular weight is 208 g/mol.